The predicted octanol–water partition coefficient (Wildman–Crippen LogP) is 3.95. The third kappa shape index (κ3) is 3.17. The van der Waals surface area contributed by atoms with Crippen molar-refractivity contribution in [1.29, 1.82) is 0 Å². The molecule has 0 saturated carbocycles. The molecule has 4 nitrogen and oxygen atoms in total. The van der Waals surface area contributed by atoms with Gasteiger partial charge in [0.05, 0.1) is 5.69 Å². The number of hydrogen-bond donors (Lipinski definition) is 1. The standard InChI is InChI=1S/C19H17ClN2O2S/c20-13-1-6-18-16(11-13)19(24)17(12-25-18)22-9-7-21(8-10-22)14-2-4-15(23)5-3-14/h1-6,11-12,23H,7-10H2. The molecule has 0 spiro atoms. The molecule has 1 aliphatic heterocycles. The topological polar surface area (TPSA) is 43.8 Å². The Bertz CT molecular complexity index is 963. The van der Waals surface area contributed by atoms with Gasteiger partial charge in [-0.3, -0.25) is 4.79 Å². The van der Waals surface area contributed by atoms with Gasteiger partial charge >= 0.3 is 0 Å². The molecule has 128 valence electrons. The van der Waals surface area contributed by atoms with Crippen LogP contribution >= 0.6 is 22.9 Å². The lowest BCUT2D eigenvalue weighted by atomic mass is 10.2. The van der Waals surface area contributed by atoms with Crippen molar-refractivity contribution in [3.05, 3.63) is 63.1 Å². The third-order valence-electron chi connectivity index (χ3n) is 4.55. The van der Waals surface area contributed by atoms with Crippen molar-refractivity contribution in [2.75, 3.05) is 36.0 Å². The summed E-state index contributed by atoms with van der Waals surface area (Å²) in [5, 5.41) is 12.6. The van der Waals surface area contributed by atoms with E-state index < -0.39 is 0 Å². The molecular weight excluding hydrogens is 356 g/mol. The van der Waals surface area contributed by atoms with Gasteiger partial charge in [0.25, 0.3) is 0 Å². The summed E-state index contributed by atoms with van der Waals surface area (Å²) in [5.41, 5.74) is 1.90. The molecule has 1 fully saturated rings. The van der Waals surface area contributed by atoms with Gasteiger partial charge in [0.2, 0.25) is 5.43 Å². The number of phenolic OH excluding ortho intramolecular Hbond substituents is 1. The van der Waals surface area contributed by atoms with Gasteiger partial charge in [-0.25, -0.2) is 0 Å². The summed E-state index contributed by atoms with van der Waals surface area (Å²) >= 11 is 7.63. The number of piperazine rings is 1. The lowest BCUT2D eigenvalue weighted by molar-refractivity contribution is 0.475. The summed E-state index contributed by atoms with van der Waals surface area (Å²) in [6, 6.07) is 12.7. The zero-order valence-corrected chi connectivity index (χ0v) is 15.1. The van der Waals surface area contributed by atoms with E-state index in [1.54, 1.807) is 29.5 Å². The highest BCUT2D eigenvalue weighted by molar-refractivity contribution is 7.16. The van der Waals surface area contributed by atoms with Crippen molar-refractivity contribution in [3.8, 4) is 5.75 Å². The number of aromatic hydroxyl groups is 1. The maximum absolute atomic E-state index is 12.8. The molecule has 1 aromatic heterocycles. The van der Waals surface area contributed by atoms with Gasteiger partial charge in [0.1, 0.15) is 5.75 Å². The van der Waals surface area contributed by atoms with Gasteiger partial charge < -0.3 is 14.9 Å². The number of rotatable bonds is 2. The lowest BCUT2D eigenvalue weighted by Gasteiger charge is -2.37. The second kappa shape index (κ2) is 6.58. The van der Waals surface area contributed by atoms with Crippen molar-refractivity contribution in [2.45, 2.75) is 0 Å². The fourth-order valence-electron chi connectivity index (χ4n) is 3.18. The van der Waals surface area contributed by atoms with E-state index in [4.69, 9.17) is 11.6 Å². The second-order valence-corrected chi connectivity index (χ2v) is 7.43. The van der Waals surface area contributed by atoms with Crippen molar-refractivity contribution in [3.63, 3.8) is 0 Å². The predicted molar refractivity (Wildman–Crippen MR) is 106 cm³/mol. The minimum absolute atomic E-state index is 0.0503. The molecule has 0 amide bonds. The van der Waals surface area contributed by atoms with Crippen molar-refractivity contribution < 1.29 is 5.11 Å². The molecule has 2 aromatic carbocycles. The van der Waals surface area contributed by atoms with Gasteiger partial charge in [-0.05, 0) is 42.5 Å². The van der Waals surface area contributed by atoms with E-state index in [0.717, 1.165) is 42.3 Å². The Hall–Kier alpha value is -2.24. The molecule has 0 radical (unpaired) electrons. The third-order valence-corrected chi connectivity index (χ3v) is 5.74. The molecule has 0 bridgehead atoms. The van der Waals surface area contributed by atoms with Crippen LogP contribution in [-0.2, 0) is 0 Å². The van der Waals surface area contributed by atoms with Crippen LogP contribution in [0.4, 0.5) is 11.4 Å². The highest BCUT2D eigenvalue weighted by atomic mass is 35.5. The maximum atomic E-state index is 12.8. The fourth-order valence-corrected chi connectivity index (χ4v) is 4.27. The molecule has 3 aromatic rings. The van der Waals surface area contributed by atoms with Gasteiger partial charge in [-0.2, -0.15) is 0 Å². The molecule has 1 aliphatic rings. The molecule has 4 rings (SSSR count). The SMILES string of the molecule is O=c1c(N2CCN(c3ccc(O)cc3)CC2)csc2ccc(Cl)cc12. The van der Waals surface area contributed by atoms with E-state index in [0.29, 0.717) is 10.4 Å². The zero-order valence-electron chi connectivity index (χ0n) is 13.5. The molecule has 0 atom stereocenters. The van der Waals surface area contributed by atoms with Crippen molar-refractivity contribution in [2.24, 2.45) is 0 Å². The lowest BCUT2D eigenvalue weighted by Crippen LogP contribution is -2.47. The number of anilines is 2. The van der Waals surface area contributed by atoms with Crippen LogP contribution in [0.2, 0.25) is 5.02 Å². The second-order valence-electron chi connectivity index (χ2n) is 6.08. The zero-order chi connectivity index (χ0) is 17.4. The Morgan fingerprint density at radius 2 is 1.64 bits per heavy atom. The first-order valence-electron chi connectivity index (χ1n) is 8.12. The first-order chi connectivity index (χ1) is 12.1. The molecular formula is C19H17ClN2O2S. The number of nitrogens with zero attached hydrogens (tertiary/aromatic N) is 2. The van der Waals surface area contributed by atoms with E-state index in [9.17, 15) is 9.90 Å². The molecule has 25 heavy (non-hydrogen) atoms. The van der Waals surface area contributed by atoms with Crippen LogP contribution in [0.5, 0.6) is 5.75 Å². The molecule has 0 unspecified atom stereocenters. The summed E-state index contributed by atoms with van der Waals surface area (Å²) in [6.07, 6.45) is 0. The highest BCUT2D eigenvalue weighted by Crippen LogP contribution is 2.26. The van der Waals surface area contributed by atoms with Crippen molar-refractivity contribution >= 4 is 44.4 Å². The van der Waals surface area contributed by atoms with Crippen LogP contribution in [-0.4, -0.2) is 31.3 Å². The van der Waals surface area contributed by atoms with E-state index >= 15 is 0 Å². The largest absolute Gasteiger partial charge is 0.508 e. The Balaban J connectivity index is 1.56. The Kier molecular flexibility index (Phi) is 4.27. The normalized spacial score (nSPS) is 14.9. The first kappa shape index (κ1) is 16.2. The van der Waals surface area contributed by atoms with Crippen LogP contribution < -0.4 is 15.2 Å². The van der Waals surface area contributed by atoms with E-state index in [2.05, 4.69) is 9.80 Å². The van der Waals surface area contributed by atoms with Gasteiger partial charge in [-0.15, -0.1) is 11.3 Å². The monoisotopic (exact) mass is 372 g/mol. The minimum atomic E-state index is 0.0503. The number of halogens is 1. The summed E-state index contributed by atoms with van der Waals surface area (Å²) in [7, 11) is 0. The number of hydrogen-bond acceptors (Lipinski definition) is 5. The summed E-state index contributed by atoms with van der Waals surface area (Å²) in [4.78, 5) is 17.2. The number of fused-ring (bicyclic) bond motifs is 1. The maximum Gasteiger partial charge on any atom is 0.211 e. The van der Waals surface area contributed by atoms with Crippen LogP contribution in [0, 0.1) is 0 Å². The van der Waals surface area contributed by atoms with Crippen LogP contribution in [0.15, 0.2) is 52.6 Å². The highest BCUT2D eigenvalue weighted by Gasteiger charge is 2.20. The fraction of sp³-hybridized carbons (Fsp3) is 0.211. The van der Waals surface area contributed by atoms with E-state index in [1.165, 1.54) is 0 Å². The summed E-state index contributed by atoms with van der Waals surface area (Å²) in [6.45, 7) is 3.24. The van der Waals surface area contributed by atoms with Crippen LogP contribution in [0.1, 0.15) is 0 Å². The smallest absolute Gasteiger partial charge is 0.211 e. The number of phenols is 1. The van der Waals surface area contributed by atoms with Gasteiger partial charge in [0, 0.05) is 52.4 Å². The van der Waals surface area contributed by atoms with Gasteiger partial charge in [-0.1, -0.05) is 11.6 Å². The Labute approximate surface area is 154 Å². The molecule has 0 aliphatic carbocycles. The number of benzene rings is 2. The van der Waals surface area contributed by atoms with Crippen LogP contribution in [0.25, 0.3) is 10.1 Å². The molecule has 6 heteroatoms. The summed E-state index contributed by atoms with van der Waals surface area (Å²) < 4.78 is 0.959. The Morgan fingerprint density at radius 3 is 2.36 bits per heavy atom. The van der Waals surface area contributed by atoms with E-state index in [-0.39, 0.29) is 11.2 Å². The molecule has 1 saturated heterocycles. The quantitative estimate of drug-likeness (QED) is 0.739. The molecule has 1 N–H and O–H groups in total. The average molecular weight is 373 g/mol. The van der Waals surface area contributed by atoms with Crippen LogP contribution in [0.3, 0.4) is 0 Å². The summed E-state index contributed by atoms with van der Waals surface area (Å²) in [5.74, 6) is 0.273. The average Bonchev–Trinajstić information content (AvgIpc) is 2.63. The van der Waals surface area contributed by atoms with E-state index in [1.807, 2.05) is 29.6 Å². The van der Waals surface area contributed by atoms with Gasteiger partial charge in [0.15, 0.2) is 0 Å². The first-order valence-corrected chi connectivity index (χ1v) is 9.37. The minimum Gasteiger partial charge on any atom is -0.508 e. The van der Waals surface area contributed by atoms with Crippen molar-refractivity contribution in [1.82, 2.24) is 0 Å². The molecule has 2 heterocycles. The Morgan fingerprint density at radius 1 is 0.960 bits per heavy atom.